The van der Waals surface area contributed by atoms with E-state index in [4.69, 9.17) is 39.9 Å². The Balaban J connectivity index is 0.941. The average Bonchev–Trinajstić information content (AvgIpc) is 1.73. The van der Waals surface area contributed by atoms with Gasteiger partial charge in [-0.1, -0.05) is 52.0 Å². The summed E-state index contributed by atoms with van der Waals surface area (Å²) in [4.78, 5) is 112. The molecule has 4 heterocycles. The normalized spacial score (nSPS) is 20.8. The van der Waals surface area contributed by atoms with Crippen LogP contribution in [-0.2, 0) is 41.9 Å². The van der Waals surface area contributed by atoms with Crippen LogP contribution in [0.2, 0.25) is 0 Å². The minimum absolute atomic E-state index is 0.0527. The zero-order chi connectivity index (χ0) is 64.7. The van der Waals surface area contributed by atoms with Crippen LogP contribution in [0.4, 0.5) is 32.3 Å². The Morgan fingerprint density at radius 2 is 0.899 bits per heavy atom. The molecular weight excluding hydrogens is 1160 g/mol. The molecule has 89 heavy (non-hydrogen) atoms. The number of anilines is 4. The molecule has 2 fully saturated rings. The molecule has 28 nitrogen and oxygen atoms in total. The first-order valence-corrected chi connectivity index (χ1v) is 29.2. The van der Waals surface area contributed by atoms with Crippen molar-refractivity contribution in [1.82, 2.24) is 20.4 Å². The van der Waals surface area contributed by atoms with E-state index in [1.807, 2.05) is 0 Å². The molecule has 0 saturated carbocycles. The minimum atomic E-state index is -1.70. The maximum Gasteiger partial charge on any atom is 0.416 e. The third-order valence-corrected chi connectivity index (χ3v) is 15.8. The lowest BCUT2D eigenvalue weighted by Crippen LogP contribution is -2.50. The van der Waals surface area contributed by atoms with E-state index in [-0.39, 0.29) is 116 Å². The molecule has 4 aliphatic rings. The van der Waals surface area contributed by atoms with Gasteiger partial charge >= 0.3 is 12.2 Å². The van der Waals surface area contributed by atoms with Crippen molar-refractivity contribution in [2.24, 2.45) is 23.3 Å². The highest BCUT2D eigenvalue weighted by atomic mass is 16.6. The smallest absolute Gasteiger partial charge is 0.416 e. The Morgan fingerprint density at radius 1 is 0.539 bits per heavy atom. The second-order valence-corrected chi connectivity index (χ2v) is 23.0. The second kappa shape index (κ2) is 28.6. The number of fused-ring (bicyclic) bond motifs is 4. The Kier molecular flexibility index (Phi) is 21.2. The summed E-state index contributed by atoms with van der Waals surface area (Å²) >= 11 is 0. The molecule has 8 amide bonds. The van der Waals surface area contributed by atoms with Crippen LogP contribution in [0.1, 0.15) is 92.6 Å². The summed E-state index contributed by atoms with van der Waals surface area (Å²) < 4.78 is 35.2. The molecule has 4 aromatic carbocycles. The van der Waals surface area contributed by atoms with E-state index < -0.39 is 109 Å². The zero-order valence-corrected chi connectivity index (χ0v) is 50.7. The number of ether oxygens (including phenoxy) is 6. The molecule has 0 unspecified atom stereocenters. The van der Waals surface area contributed by atoms with Gasteiger partial charge in [-0.15, -0.1) is 0 Å². The highest BCUT2D eigenvalue weighted by molar-refractivity contribution is 6.07. The Labute approximate surface area is 513 Å². The number of methoxy groups -OCH3 is 2. The second-order valence-electron chi connectivity index (χ2n) is 23.0. The molecule has 12 N–H and O–H groups in total. The lowest BCUT2D eigenvalue weighted by molar-refractivity contribution is -0.127. The van der Waals surface area contributed by atoms with Gasteiger partial charge in [0.15, 0.2) is 35.5 Å². The van der Waals surface area contributed by atoms with Crippen LogP contribution < -0.4 is 61.5 Å². The SMILES string of the molecule is COc1cc2c(cc1OCCCOc1cc3c(cc1OC)C(=O)N1C[C@@H](O)C[C@H]1[C@H](O)N3C(=O)OCc1ccc(NC(=O)[C@@H](C)NC(=O)[C@H](N)C(C)C)cc1)N(C(=O)OCc1ccc(NC(=O)[C@H](C)NC(=O)[C@@H](N)C(C)C)cc1)[C@@H](O)[C@@H]1C[C@H](O)CN1C2=O. The Bertz CT molecular complexity index is 3060. The maximum absolute atomic E-state index is 14.2. The first-order chi connectivity index (χ1) is 42.3. The van der Waals surface area contributed by atoms with E-state index in [2.05, 4.69) is 21.3 Å². The summed E-state index contributed by atoms with van der Waals surface area (Å²) in [6.07, 6.45) is -7.44. The number of benzene rings is 4. The van der Waals surface area contributed by atoms with E-state index in [1.54, 1.807) is 76.2 Å². The van der Waals surface area contributed by atoms with Crippen molar-refractivity contribution >= 4 is 70.4 Å². The molecule has 0 bridgehead atoms. The Morgan fingerprint density at radius 3 is 1.24 bits per heavy atom. The molecule has 10 atom stereocenters. The van der Waals surface area contributed by atoms with Gasteiger partial charge in [0.25, 0.3) is 11.8 Å². The summed E-state index contributed by atoms with van der Waals surface area (Å²) in [6, 6.07) is 12.6. The highest BCUT2D eigenvalue weighted by Gasteiger charge is 2.50. The largest absolute Gasteiger partial charge is 0.493 e. The quantitative estimate of drug-likeness (QED) is 0.0505. The van der Waals surface area contributed by atoms with Gasteiger partial charge in [-0.3, -0.25) is 28.8 Å². The fraction of sp³-hybridized carbons (Fsp3) is 0.475. The van der Waals surface area contributed by atoms with Crippen molar-refractivity contribution in [3.63, 3.8) is 0 Å². The van der Waals surface area contributed by atoms with Crippen LogP contribution in [0.5, 0.6) is 23.0 Å². The third-order valence-electron chi connectivity index (χ3n) is 15.8. The number of aliphatic hydroxyl groups is 4. The van der Waals surface area contributed by atoms with Crippen molar-refractivity contribution in [3.8, 4) is 23.0 Å². The number of rotatable bonds is 22. The number of nitrogens with zero attached hydrogens (tertiary/aromatic N) is 4. The molecule has 4 aromatic rings. The number of carbonyl (C=O) groups excluding carboxylic acids is 8. The van der Waals surface area contributed by atoms with Crippen LogP contribution in [0.3, 0.4) is 0 Å². The van der Waals surface area contributed by atoms with Gasteiger partial charge in [0.1, 0.15) is 25.3 Å². The van der Waals surface area contributed by atoms with Crippen molar-refractivity contribution in [1.29, 1.82) is 0 Å². The zero-order valence-electron chi connectivity index (χ0n) is 50.7. The molecule has 8 rings (SSSR count). The predicted molar refractivity (Wildman–Crippen MR) is 321 cm³/mol. The summed E-state index contributed by atoms with van der Waals surface area (Å²) in [7, 11) is 2.69. The van der Waals surface area contributed by atoms with Gasteiger partial charge in [0.05, 0.1) is 86.3 Å². The number of nitrogens with one attached hydrogen (secondary N) is 4. The van der Waals surface area contributed by atoms with Gasteiger partial charge in [0, 0.05) is 43.0 Å². The predicted octanol–water partition coefficient (Wildman–Crippen LogP) is 2.51. The number of hydrogen-bond acceptors (Lipinski definition) is 20. The third kappa shape index (κ3) is 15.0. The molecular formula is C61H78N10O18. The van der Waals surface area contributed by atoms with Crippen molar-refractivity contribution < 1.29 is 87.2 Å². The fourth-order valence-electron chi connectivity index (χ4n) is 10.5. The first-order valence-electron chi connectivity index (χ1n) is 29.2. The molecule has 28 heteroatoms. The summed E-state index contributed by atoms with van der Waals surface area (Å²) in [5, 5.41) is 55.7. The van der Waals surface area contributed by atoms with Crippen LogP contribution in [0.15, 0.2) is 72.8 Å². The van der Waals surface area contributed by atoms with E-state index >= 15 is 0 Å². The number of hydrogen-bond donors (Lipinski definition) is 10. The maximum atomic E-state index is 14.2. The van der Waals surface area contributed by atoms with Gasteiger partial charge in [-0.05, 0) is 86.1 Å². The molecule has 0 aromatic heterocycles. The van der Waals surface area contributed by atoms with Gasteiger partial charge in [-0.25, -0.2) is 19.4 Å². The van der Waals surface area contributed by atoms with E-state index in [1.165, 1.54) is 62.1 Å². The monoisotopic (exact) mass is 1240 g/mol. The molecule has 0 spiro atoms. The van der Waals surface area contributed by atoms with Crippen LogP contribution in [0, 0.1) is 11.8 Å². The number of nitrogens with two attached hydrogens (primary N) is 2. The summed E-state index contributed by atoms with van der Waals surface area (Å²) in [5.74, 6) is -3.12. The molecule has 0 radical (unpaired) electrons. The number of carbonyl (C=O) groups is 8. The number of amides is 8. The fourth-order valence-corrected chi connectivity index (χ4v) is 10.5. The molecule has 480 valence electrons. The number of aliphatic hydroxyl groups excluding tert-OH is 4. The standard InChI is InChI=1S/C61H78N10O18/c1-30(2)50(62)54(76)64-32(5)52(74)66-36-14-10-34(11-15-36)28-88-60(82)70-42-24-48(46(84-7)22-40(42)56(78)68-26-38(72)20-44(68)58(70)80)86-18-9-19-87-49-25-43-41(23-47(49)85-8)57(79)69-27-39(73)21-45(69)59(81)71(43)61(83)89-29-35-12-16-37(17-13-35)67-53(75)33(6)65-55(77)51(63)31(3)4/h10-17,22-25,30-33,38-39,44-45,50-51,58-59,72-73,80-81H,9,18-21,26-29,62-63H2,1-8H3,(H,64,76)(H,65,77)(H,66,74)(H,67,75)/t32-,33+,38-,39-,44-,45-,50-,51+,58-,59-/m0/s1. The van der Waals surface area contributed by atoms with Crippen LogP contribution >= 0.6 is 0 Å². The van der Waals surface area contributed by atoms with Crippen molar-refractivity contribution in [2.75, 3.05) is 61.0 Å². The lowest BCUT2D eigenvalue weighted by atomic mass is 10.0. The van der Waals surface area contributed by atoms with Crippen LogP contribution in [-0.4, -0.2) is 179 Å². The summed E-state index contributed by atoms with van der Waals surface area (Å²) in [6.45, 7) is 9.18. The Hall–Kier alpha value is -8.80. The van der Waals surface area contributed by atoms with Gasteiger partial charge in [0.2, 0.25) is 23.6 Å². The lowest BCUT2D eigenvalue weighted by Gasteiger charge is -2.31. The molecule has 4 aliphatic heterocycles. The van der Waals surface area contributed by atoms with E-state index in [0.29, 0.717) is 22.5 Å². The van der Waals surface area contributed by atoms with E-state index in [0.717, 1.165) is 9.80 Å². The molecule has 0 aliphatic carbocycles. The molecule has 2 saturated heterocycles. The van der Waals surface area contributed by atoms with Crippen LogP contribution in [0.25, 0.3) is 0 Å². The van der Waals surface area contributed by atoms with Gasteiger partial charge in [-0.2, -0.15) is 0 Å². The van der Waals surface area contributed by atoms with Crippen molar-refractivity contribution in [2.45, 2.75) is 135 Å². The first kappa shape index (κ1) is 66.2. The van der Waals surface area contributed by atoms with Crippen molar-refractivity contribution in [3.05, 3.63) is 95.1 Å². The minimum Gasteiger partial charge on any atom is -0.493 e. The average molecular weight is 1240 g/mol. The highest BCUT2D eigenvalue weighted by Crippen LogP contribution is 2.44. The van der Waals surface area contributed by atoms with Gasteiger partial charge < -0.3 is 91.4 Å². The van der Waals surface area contributed by atoms with E-state index in [9.17, 15) is 58.8 Å². The topological polar surface area (TPSA) is 386 Å². The summed E-state index contributed by atoms with van der Waals surface area (Å²) in [5.41, 5.74) is 13.3.